The van der Waals surface area contributed by atoms with E-state index in [9.17, 15) is 18.0 Å². The van der Waals surface area contributed by atoms with Crippen molar-refractivity contribution >= 4 is 5.91 Å². The van der Waals surface area contributed by atoms with Gasteiger partial charge >= 0.3 is 6.18 Å². The van der Waals surface area contributed by atoms with E-state index in [1.165, 1.54) is 6.20 Å². The van der Waals surface area contributed by atoms with Gasteiger partial charge in [-0.05, 0) is 24.6 Å². The minimum Gasteiger partial charge on any atom is -0.351 e. The van der Waals surface area contributed by atoms with E-state index in [0.717, 1.165) is 0 Å². The molecule has 2 rings (SSSR count). The van der Waals surface area contributed by atoms with Crippen LogP contribution in [0.1, 0.15) is 12.0 Å². The molecule has 1 fully saturated rings. The van der Waals surface area contributed by atoms with E-state index in [0.29, 0.717) is 5.56 Å². The predicted octanol–water partition coefficient (Wildman–Crippen LogP) is 1.24. The summed E-state index contributed by atoms with van der Waals surface area (Å²) in [6, 6.07) is 3.36. The summed E-state index contributed by atoms with van der Waals surface area (Å²) in [7, 11) is 0. The Balaban J connectivity index is 2.05. The van der Waals surface area contributed by atoms with E-state index in [4.69, 9.17) is 0 Å². The standard InChI is InChI=1S/C12H14F3N3O/c13-12(14,15)11(3-5-17-8-11)10(19)18-7-9-2-1-4-16-6-9/h1-2,4,6,17H,3,5,7-8H2,(H,18,19). The van der Waals surface area contributed by atoms with Crippen LogP contribution in [0.15, 0.2) is 24.5 Å². The molecule has 1 aliphatic heterocycles. The van der Waals surface area contributed by atoms with Crippen molar-refractivity contribution in [3.8, 4) is 0 Å². The van der Waals surface area contributed by atoms with Crippen molar-refractivity contribution in [2.24, 2.45) is 5.41 Å². The minimum atomic E-state index is -4.55. The maximum absolute atomic E-state index is 13.1. The van der Waals surface area contributed by atoms with E-state index < -0.39 is 17.5 Å². The van der Waals surface area contributed by atoms with Crippen LogP contribution in [0.2, 0.25) is 0 Å². The van der Waals surface area contributed by atoms with Crippen molar-refractivity contribution < 1.29 is 18.0 Å². The highest BCUT2D eigenvalue weighted by molar-refractivity contribution is 5.84. The topological polar surface area (TPSA) is 54.0 Å². The molecule has 2 N–H and O–H groups in total. The molecule has 0 radical (unpaired) electrons. The van der Waals surface area contributed by atoms with Gasteiger partial charge in [-0.3, -0.25) is 9.78 Å². The normalized spacial score (nSPS) is 23.3. The lowest BCUT2D eigenvalue weighted by molar-refractivity contribution is -0.216. The number of carbonyl (C=O) groups excluding carboxylic acids is 1. The summed E-state index contributed by atoms with van der Waals surface area (Å²) in [6.45, 7) is -0.125. The number of nitrogens with zero attached hydrogens (tertiary/aromatic N) is 1. The zero-order valence-electron chi connectivity index (χ0n) is 10.1. The van der Waals surface area contributed by atoms with Crippen LogP contribution in [0.25, 0.3) is 0 Å². The van der Waals surface area contributed by atoms with E-state index in [2.05, 4.69) is 15.6 Å². The maximum Gasteiger partial charge on any atom is 0.404 e. The van der Waals surface area contributed by atoms with E-state index >= 15 is 0 Å². The van der Waals surface area contributed by atoms with Crippen molar-refractivity contribution in [1.82, 2.24) is 15.6 Å². The summed E-state index contributed by atoms with van der Waals surface area (Å²) in [6.07, 6.45) is -1.71. The lowest BCUT2D eigenvalue weighted by Gasteiger charge is -2.29. The van der Waals surface area contributed by atoms with Crippen LogP contribution in [0.4, 0.5) is 13.2 Å². The van der Waals surface area contributed by atoms with Gasteiger partial charge in [-0.25, -0.2) is 0 Å². The van der Waals surface area contributed by atoms with Crippen LogP contribution < -0.4 is 10.6 Å². The molecule has 1 unspecified atom stereocenters. The van der Waals surface area contributed by atoms with Crippen molar-refractivity contribution in [1.29, 1.82) is 0 Å². The van der Waals surface area contributed by atoms with Gasteiger partial charge in [-0.15, -0.1) is 0 Å². The highest BCUT2D eigenvalue weighted by Crippen LogP contribution is 2.43. The number of carbonyl (C=O) groups is 1. The molecular formula is C12H14F3N3O. The number of hydrogen-bond acceptors (Lipinski definition) is 3. The second-order valence-corrected chi connectivity index (χ2v) is 4.55. The SMILES string of the molecule is O=C(NCc1cccnc1)C1(C(F)(F)F)CCNC1. The largest absolute Gasteiger partial charge is 0.404 e. The quantitative estimate of drug-likeness (QED) is 0.871. The zero-order valence-corrected chi connectivity index (χ0v) is 10.1. The van der Waals surface area contributed by atoms with Crippen LogP contribution in [-0.4, -0.2) is 30.2 Å². The molecule has 1 saturated heterocycles. The fourth-order valence-electron chi connectivity index (χ4n) is 2.11. The lowest BCUT2D eigenvalue weighted by atomic mass is 9.85. The van der Waals surface area contributed by atoms with Gasteiger partial charge in [0.25, 0.3) is 0 Å². The molecule has 1 aromatic heterocycles. The monoisotopic (exact) mass is 273 g/mol. The Labute approximate surface area is 108 Å². The lowest BCUT2D eigenvalue weighted by Crippen LogP contribution is -2.52. The summed E-state index contributed by atoms with van der Waals surface area (Å²) in [5.74, 6) is -0.978. The summed E-state index contributed by atoms with van der Waals surface area (Å²) in [5, 5.41) is 4.95. The Bertz CT molecular complexity index is 441. The summed E-state index contributed by atoms with van der Waals surface area (Å²) in [4.78, 5) is 15.7. The van der Waals surface area contributed by atoms with Gasteiger partial charge in [0.2, 0.25) is 5.91 Å². The fourth-order valence-corrected chi connectivity index (χ4v) is 2.11. The Morgan fingerprint density at radius 2 is 2.32 bits per heavy atom. The highest BCUT2D eigenvalue weighted by atomic mass is 19.4. The fraction of sp³-hybridized carbons (Fsp3) is 0.500. The molecule has 0 aromatic carbocycles. The first kappa shape index (κ1) is 13.8. The second kappa shape index (κ2) is 5.16. The summed E-state index contributed by atoms with van der Waals surface area (Å²) >= 11 is 0. The molecule has 0 saturated carbocycles. The Morgan fingerprint density at radius 1 is 1.53 bits per heavy atom. The van der Waals surface area contributed by atoms with Gasteiger partial charge in [-0.1, -0.05) is 6.07 Å². The molecule has 1 amide bonds. The molecule has 1 aromatic rings. The van der Waals surface area contributed by atoms with Crippen LogP contribution in [0.3, 0.4) is 0 Å². The van der Waals surface area contributed by atoms with E-state index in [1.807, 2.05) is 0 Å². The van der Waals surface area contributed by atoms with Crippen LogP contribution >= 0.6 is 0 Å². The van der Waals surface area contributed by atoms with Crippen LogP contribution in [0.5, 0.6) is 0 Å². The number of rotatable bonds is 3. The number of nitrogens with one attached hydrogen (secondary N) is 2. The highest BCUT2D eigenvalue weighted by Gasteiger charge is 2.61. The third-order valence-corrected chi connectivity index (χ3v) is 3.31. The smallest absolute Gasteiger partial charge is 0.351 e. The Morgan fingerprint density at radius 3 is 2.84 bits per heavy atom. The van der Waals surface area contributed by atoms with Gasteiger partial charge in [0.15, 0.2) is 5.41 Å². The van der Waals surface area contributed by atoms with Crippen molar-refractivity contribution in [2.45, 2.75) is 19.1 Å². The van der Waals surface area contributed by atoms with Gasteiger partial charge in [0.05, 0.1) is 0 Å². The second-order valence-electron chi connectivity index (χ2n) is 4.55. The van der Waals surface area contributed by atoms with Gasteiger partial charge in [0.1, 0.15) is 0 Å². The molecule has 0 aliphatic carbocycles. The average molecular weight is 273 g/mol. The Kier molecular flexibility index (Phi) is 3.75. The number of halogens is 3. The number of aromatic nitrogens is 1. The third kappa shape index (κ3) is 2.70. The zero-order chi connectivity index (χ0) is 13.9. The van der Waals surface area contributed by atoms with Crippen LogP contribution in [-0.2, 0) is 11.3 Å². The first-order valence-corrected chi connectivity index (χ1v) is 5.90. The average Bonchev–Trinajstić information content (AvgIpc) is 2.87. The van der Waals surface area contributed by atoms with Crippen molar-refractivity contribution in [3.63, 3.8) is 0 Å². The van der Waals surface area contributed by atoms with Crippen molar-refractivity contribution in [2.75, 3.05) is 13.1 Å². The molecule has 4 nitrogen and oxygen atoms in total. The number of amides is 1. The molecular weight excluding hydrogens is 259 g/mol. The molecule has 2 heterocycles. The van der Waals surface area contributed by atoms with Gasteiger partial charge < -0.3 is 10.6 Å². The van der Waals surface area contributed by atoms with Crippen molar-refractivity contribution in [3.05, 3.63) is 30.1 Å². The molecule has 1 atom stereocenters. The number of pyridine rings is 1. The van der Waals surface area contributed by atoms with Gasteiger partial charge in [0, 0.05) is 25.5 Å². The first-order chi connectivity index (χ1) is 8.96. The first-order valence-electron chi connectivity index (χ1n) is 5.90. The number of alkyl halides is 3. The molecule has 0 bridgehead atoms. The summed E-state index contributed by atoms with van der Waals surface area (Å²) in [5.41, 5.74) is -1.64. The van der Waals surface area contributed by atoms with Crippen LogP contribution in [0, 0.1) is 5.41 Å². The number of hydrogen-bond donors (Lipinski definition) is 2. The molecule has 7 heteroatoms. The third-order valence-electron chi connectivity index (χ3n) is 3.31. The predicted molar refractivity (Wildman–Crippen MR) is 62.1 cm³/mol. The minimum absolute atomic E-state index is 0.0461. The van der Waals surface area contributed by atoms with Gasteiger partial charge in [-0.2, -0.15) is 13.2 Å². The molecule has 104 valence electrons. The van der Waals surface area contributed by atoms with E-state index in [1.54, 1.807) is 18.3 Å². The summed E-state index contributed by atoms with van der Waals surface area (Å²) < 4.78 is 39.2. The molecule has 1 aliphatic rings. The molecule has 19 heavy (non-hydrogen) atoms. The Hall–Kier alpha value is -1.63. The van der Waals surface area contributed by atoms with E-state index in [-0.39, 0.29) is 26.1 Å². The molecule has 0 spiro atoms. The maximum atomic E-state index is 13.1.